The number of likely N-dealkylation sites (tertiary alicyclic amines) is 1. The summed E-state index contributed by atoms with van der Waals surface area (Å²) in [6.45, 7) is 5.54. The van der Waals surface area contributed by atoms with Crippen LogP contribution in [-0.2, 0) is 4.79 Å². The number of nitrogens with zero attached hydrogens (tertiary/aromatic N) is 1. The van der Waals surface area contributed by atoms with Gasteiger partial charge in [-0.3, -0.25) is 4.79 Å². The highest BCUT2D eigenvalue weighted by Gasteiger charge is 2.46. The van der Waals surface area contributed by atoms with Crippen molar-refractivity contribution in [3.05, 3.63) is 35.9 Å². The molecule has 108 valence electrons. The summed E-state index contributed by atoms with van der Waals surface area (Å²) in [5, 5.41) is 3.34. The fourth-order valence-corrected chi connectivity index (χ4v) is 3.05. The number of carbonyl (C=O) groups is 1. The molecule has 1 heterocycles. The molecule has 3 nitrogen and oxygen atoms in total. The minimum Gasteiger partial charge on any atom is -0.349 e. The van der Waals surface area contributed by atoms with Gasteiger partial charge in [-0.2, -0.15) is 0 Å². The fourth-order valence-electron chi connectivity index (χ4n) is 3.05. The maximum atomic E-state index is 12.6. The van der Waals surface area contributed by atoms with Gasteiger partial charge < -0.3 is 10.2 Å². The van der Waals surface area contributed by atoms with E-state index in [9.17, 15) is 4.79 Å². The van der Waals surface area contributed by atoms with E-state index in [1.165, 1.54) is 19.5 Å². The van der Waals surface area contributed by atoms with Crippen molar-refractivity contribution in [1.29, 1.82) is 0 Å². The van der Waals surface area contributed by atoms with Crippen molar-refractivity contribution in [2.24, 2.45) is 0 Å². The largest absolute Gasteiger partial charge is 0.349 e. The van der Waals surface area contributed by atoms with E-state index in [2.05, 4.69) is 29.3 Å². The lowest BCUT2D eigenvalue weighted by Gasteiger charge is -2.35. The average molecular weight is 272 g/mol. The van der Waals surface area contributed by atoms with E-state index in [4.69, 9.17) is 0 Å². The zero-order valence-corrected chi connectivity index (χ0v) is 12.3. The Labute approximate surface area is 121 Å². The molecule has 1 atom stereocenters. The van der Waals surface area contributed by atoms with Gasteiger partial charge in [0.25, 0.3) is 0 Å². The van der Waals surface area contributed by atoms with Crippen molar-refractivity contribution in [2.45, 2.75) is 44.1 Å². The molecule has 0 spiro atoms. The molecule has 1 unspecified atom stereocenters. The summed E-state index contributed by atoms with van der Waals surface area (Å²) in [7, 11) is 0. The van der Waals surface area contributed by atoms with Crippen LogP contribution < -0.4 is 5.32 Å². The molecule has 1 amide bonds. The van der Waals surface area contributed by atoms with Gasteiger partial charge in [-0.1, -0.05) is 37.3 Å². The molecule has 1 aliphatic carbocycles. The number of amides is 1. The van der Waals surface area contributed by atoms with Crippen LogP contribution in [0.15, 0.2) is 30.3 Å². The second-order valence-electron chi connectivity index (χ2n) is 6.27. The van der Waals surface area contributed by atoms with Gasteiger partial charge in [0.15, 0.2) is 0 Å². The van der Waals surface area contributed by atoms with E-state index in [1.54, 1.807) is 0 Å². The first-order valence-electron chi connectivity index (χ1n) is 7.82. The minimum absolute atomic E-state index is 0.00920. The molecule has 1 N–H and O–H groups in total. The number of hydrogen-bond acceptors (Lipinski definition) is 2. The third kappa shape index (κ3) is 2.88. The summed E-state index contributed by atoms with van der Waals surface area (Å²) < 4.78 is 0. The molecule has 0 aromatic heterocycles. The molecular weight excluding hydrogens is 248 g/mol. The molecule has 1 aromatic rings. The lowest BCUT2D eigenvalue weighted by atomic mass is 9.95. The Morgan fingerprint density at radius 1 is 1.30 bits per heavy atom. The normalized spacial score (nSPS) is 21.9. The molecule has 0 radical (unpaired) electrons. The fraction of sp³-hybridized carbons (Fsp3) is 0.588. The molecule has 20 heavy (non-hydrogen) atoms. The summed E-state index contributed by atoms with van der Waals surface area (Å²) in [5.41, 5.74) is 1.21. The number of benzene rings is 1. The Hall–Kier alpha value is -1.35. The SMILES string of the molecule is CCC(C(=O)NC1(CN2CCC2)CC1)c1ccccc1. The average Bonchev–Trinajstić information content (AvgIpc) is 3.16. The molecule has 1 saturated carbocycles. The maximum absolute atomic E-state index is 12.6. The Balaban J connectivity index is 1.62. The Bertz CT molecular complexity index is 463. The van der Waals surface area contributed by atoms with Gasteiger partial charge in [0.2, 0.25) is 5.91 Å². The predicted molar refractivity (Wildman–Crippen MR) is 80.6 cm³/mol. The number of carbonyl (C=O) groups excluding carboxylic acids is 1. The van der Waals surface area contributed by atoms with Crippen molar-refractivity contribution in [1.82, 2.24) is 10.2 Å². The smallest absolute Gasteiger partial charge is 0.228 e. The first kappa shape index (κ1) is 13.6. The maximum Gasteiger partial charge on any atom is 0.228 e. The van der Waals surface area contributed by atoms with E-state index in [0.717, 1.165) is 31.4 Å². The predicted octanol–water partition coefficient (Wildman–Crippen LogP) is 2.53. The third-order valence-corrected chi connectivity index (χ3v) is 4.64. The molecule has 1 aliphatic heterocycles. The van der Waals surface area contributed by atoms with Crippen LogP contribution in [0.25, 0.3) is 0 Å². The van der Waals surface area contributed by atoms with Crippen LogP contribution in [0.1, 0.15) is 44.1 Å². The second kappa shape index (κ2) is 5.57. The molecular formula is C17H24N2O. The van der Waals surface area contributed by atoms with Crippen LogP contribution >= 0.6 is 0 Å². The first-order valence-corrected chi connectivity index (χ1v) is 7.82. The topological polar surface area (TPSA) is 32.3 Å². The van der Waals surface area contributed by atoms with Gasteiger partial charge in [-0.15, -0.1) is 0 Å². The summed E-state index contributed by atoms with van der Waals surface area (Å²) in [5.74, 6) is 0.196. The van der Waals surface area contributed by atoms with Gasteiger partial charge >= 0.3 is 0 Å². The summed E-state index contributed by atoms with van der Waals surface area (Å²) in [4.78, 5) is 15.0. The first-order chi connectivity index (χ1) is 9.72. The zero-order valence-electron chi connectivity index (χ0n) is 12.3. The van der Waals surface area contributed by atoms with Crippen LogP contribution in [0.3, 0.4) is 0 Å². The van der Waals surface area contributed by atoms with Gasteiger partial charge in [-0.25, -0.2) is 0 Å². The highest BCUT2D eigenvalue weighted by molar-refractivity contribution is 5.84. The van der Waals surface area contributed by atoms with Crippen molar-refractivity contribution in [3.63, 3.8) is 0 Å². The molecule has 3 rings (SSSR count). The molecule has 1 aromatic carbocycles. The minimum atomic E-state index is -0.00920. The standard InChI is InChI=1S/C17H24N2O/c1-2-15(14-7-4-3-5-8-14)16(20)18-17(9-10-17)13-19-11-6-12-19/h3-5,7-8,15H,2,6,9-13H2,1H3,(H,18,20). The molecule has 3 heteroatoms. The Kier molecular flexibility index (Phi) is 3.79. The van der Waals surface area contributed by atoms with E-state index in [-0.39, 0.29) is 17.4 Å². The quantitative estimate of drug-likeness (QED) is 0.863. The third-order valence-electron chi connectivity index (χ3n) is 4.64. The van der Waals surface area contributed by atoms with E-state index >= 15 is 0 Å². The summed E-state index contributed by atoms with van der Waals surface area (Å²) in [6, 6.07) is 10.1. The molecule has 2 fully saturated rings. The van der Waals surface area contributed by atoms with Crippen molar-refractivity contribution in [3.8, 4) is 0 Å². The van der Waals surface area contributed by atoms with Crippen LogP contribution in [0, 0.1) is 0 Å². The van der Waals surface area contributed by atoms with Crippen LogP contribution in [-0.4, -0.2) is 36.0 Å². The van der Waals surface area contributed by atoms with Crippen molar-refractivity contribution >= 4 is 5.91 Å². The van der Waals surface area contributed by atoms with Gasteiger partial charge in [0, 0.05) is 6.54 Å². The number of rotatable bonds is 6. The lowest BCUT2D eigenvalue weighted by Crippen LogP contribution is -2.51. The van der Waals surface area contributed by atoms with E-state index in [0.29, 0.717) is 0 Å². The van der Waals surface area contributed by atoms with Gasteiger partial charge in [0.05, 0.1) is 11.5 Å². The van der Waals surface area contributed by atoms with Crippen LogP contribution in [0.5, 0.6) is 0 Å². The zero-order chi connectivity index (χ0) is 14.0. The van der Waals surface area contributed by atoms with Crippen LogP contribution in [0.2, 0.25) is 0 Å². The van der Waals surface area contributed by atoms with Gasteiger partial charge in [0.1, 0.15) is 0 Å². The van der Waals surface area contributed by atoms with E-state index < -0.39 is 0 Å². The highest BCUT2D eigenvalue weighted by Crippen LogP contribution is 2.38. The highest BCUT2D eigenvalue weighted by atomic mass is 16.2. The van der Waals surface area contributed by atoms with Crippen LogP contribution in [0.4, 0.5) is 0 Å². The molecule has 2 aliphatic rings. The lowest BCUT2D eigenvalue weighted by molar-refractivity contribution is -0.123. The summed E-state index contributed by atoms with van der Waals surface area (Å²) >= 11 is 0. The Morgan fingerprint density at radius 3 is 2.50 bits per heavy atom. The molecule has 1 saturated heterocycles. The Morgan fingerprint density at radius 2 is 2.00 bits per heavy atom. The van der Waals surface area contributed by atoms with Crippen molar-refractivity contribution in [2.75, 3.05) is 19.6 Å². The van der Waals surface area contributed by atoms with Crippen molar-refractivity contribution < 1.29 is 4.79 Å². The second-order valence-corrected chi connectivity index (χ2v) is 6.27. The summed E-state index contributed by atoms with van der Waals surface area (Å²) in [6.07, 6.45) is 4.45. The number of nitrogens with one attached hydrogen (secondary N) is 1. The molecule has 0 bridgehead atoms. The number of hydrogen-bond donors (Lipinski definition) is 1. The van der Waals surface area contributed by atoms with Gasteiger partial charge in [-0.05, 0) is 44.3 Å². The monoisotopic (exact) mass is 272 g/mol. The van der Waals surface area contributed by atoms with E-state index in [1.807, 2.05) is 18.2 Å².